The predicted molar refractivity (Wildman–Crippen MR) is 73.1 cm³/mol. The van der Waals surface area contributed by atoms with Crippen molar-refractivity contribution in [3.05, 3.63) is 41.6 Å². The van der Waals surface area contributed by atoms with Crippen LogP contribution in [0.4, 0.5) is 0 Å². The normalized spacial score (nSPS) is 12.0. The molecule has 0 aliphatic rings. The van der Waals surface area contributed by atoms with E-state index in [1.165, 1.54) is 16.5 Å². The van der Waals surface area contributed by atoms with Gasteiger partial charge in [0.15, 0.2) is 0 Å². The third-order valence-electron chi connectivity index (χ3n) is 2.94. The first-order valence-electron chi connectivity index (χ1n) is 6.08. The fourth-order valence-electron chi connectivity index (χ4n) is 1.91. The molecule has 2 aromatic rings. The van der Waals surface area contributed by atoms with Gasteiger partial charge in [-0.1, -0.05) is 6.07 Å². The zero-order valence-corrected chi connectivity index (χ0v) is 10.8. The van der Waals surface area contributed by atoms with Gasteiger partial charge >= 0.3 is 0 Å². The highest BCUT2D eigenvalue weighted by atomic mass is 14.7. The molecule has 1 aromatic carbocycles. The summed E-state index contributed by atoms with van der Waals surface area (Å²) in [6.07, 6.45) is 3.93. The van der Waals surface area contributed by atoms with E-state index in [-0.39, 0.29) is 5.54 Å². The number of nitrogens with two attached hydrogens (primary N) is 1. The zero-order chi connectivity index (χ0) is 12.5. The van der Waals surface area contributed by atoms with Crippen LogP contribution in [0.2, 0.25) is 0 Å². The van der Waals surface area contributed by atoms with Gasteiger partial charge in [-0.25, -0.2) is 0 Å². The number of benzene rings is 1. The second-order valence-electron chi connectivity index (χ2n) is 5.53. The van der Waals surface area contributed by atoms with Crippen molar-refractivity contribution in [2.24, 2.45) is 5.73 Å². The molecular weight excluding hydrogens is 208 g/mol. The van der Waals surface area contributed by atoms with Gasteiger partial charge in [0.25, 0.3) is 0 Å². The smallest absolute Gasteiger partial charge is 0.0702 e. The van der Waals surface area contributed by atoms with Crippen LogP contribution in [0.5, 0.6) is 0 Å². The largest absolute Gasteiger partial charge is 0.326 e. The van der Waals surface area contributed by atoms with Crippen LogP contribution in [0, 0.1) is 6.92 Å². The van der Waals surface area contributed by atoms with Crippen LogP contribution >= 0.6 is 0 Å². The maximum absolute atomic E-state index is 6.01. The molecule has 0 atom stereocenters. The van der Waals surface area contributed by atoms with Gasteiger partial charge in [-0.3, -0.25) is 4.98 Å². The lowest BCUT2D eigenvalue weighted by molar-refractivity contribution is 0.477. The molecule has 1 heterocycles. The monoisotopic (exact) mass is 228 g/mol. The summed E-state index contributed by atoms with van der Waals surface area (Å²) < 4.78 is 0. The molecule has 0 aliphatic heterocycles. The standard InChI is InChI=1S/C15H20N2/c1-11-8-13-9-12(6-7-15(2,3)16)4-5-14(13)17-10-11/h4-5,8-10H,6-7,16H2,1-3H3. The van der Waals surface area contributed by atoms with E-state index in [0.29, 0.717) is 0 Å². The molecule has 1 aromatic heterocycles. The quantitative estimate of drug-likeness (QED) is 0.876. The van der Waals surface area contributed by atoms with Crippen molar-refractivity contribution in [1.82, 2.24) is 4.98 Å². The Labute approximate surface area is 103 Å². The Bertz CT molecular complexity index is 524. The Morgan fingerprint density at radius 2 is 2.00 bits per heavy atom. The molecule has 17 heavy (non-hydrogen) atoms. The maximum atomic E-state index is 6.01. The Kier molecular flexibility index (Phi) is 3.16. The first kappa shape index (κ1) is 12.1. The van der Waals surface area contributed by atoms with E-state index in [0.717, 1.165) is 18.4 Å². The molecule has 0 radical (unpaired) electrons. The first-order chi connectivity index (χ1) is 7.94. The molecule has 2 N–H and O–H groups in total. The van der Waals surface area contributed by atoms with Gasteiger partial charge in [-0.05, 0) is 62.9 Å². The molecule has 90 valence electrons. The molecule has 0 unspecified atom stereocenters. The van der Waals surface area contributed by atoms with Crippen molar-refractivity contribution < 1.29 is 0 Å². The molecule has 0 saturated carbocycles. The molecule has 0 fully saturated rings. The summed E-state index contributed by atoms with van der Waals surface area (Å²) in [5.74, 6) is 0. The van der Waals surface area contributed by atoms with Crippen molar-refractivity contribution >= 4 is 10.9 Å². The van der Waals surface area contributed by atoms with Crippen LogP contribution in [0.1, 0.15) is 31.4 Å². The number of fused-ring (bicyclic) bond motifs is 1. The zero-order valence-electron chi connectivity index (χ0n) is 10.8. The van der Waals surface area contributed by atoms with E-state index in [4.69, 9.17) is 5.73 Å². The van der Waals surface area contributed by atoms with Crippen LogP contribution in [0.25, 0.3) is 10.9 Å². The second kappa shape index (κ2) is 4.46. The number of hydrogen-bond acceptors (Lipinski definition) is 2. The van der Waals surface area contributed by atoms with Crippen molar-refractivity contribution in [3.63, 3.8) is 0 Å². The summed E-state index contributed by atoms with van der Waals surface area (Å²) in [7, 11) is 0. The highest BCUT2D eigenvalue weighted by Gasteiger charge is 2.10. The van der Waals surface area contributed by atoms with Gasteiger partial charge < -0.3 is 5.73 Å². The second-order valence-corrected chi connectivity index (χ2v) is 5.53. The third kappa shape index (κ3) is 3.27. The van der Waals surface area contributed by atoms with Crippen molar-refractivity contribution in [1.29, 1.82) is 0 Å². The van der Waals surface area contributed by atoms with Gasteiger partial charge in [0, 0.05) is 17.1 Å². The van der Waals surface area contributed by atoms with E-state index >= 15 is 0 Å². The third-order valence-corrected chi connectivity index (χ3v) is 2.94. The van der Waals surface area contributed by atoms with Crippen molar-refractivity contribution in [2.75, 3.05) is 0 Å². The average molecular weight is 228 g/mol. The Morgan fingerprint density at radius 1 is 1.24 bits per heavy atom. The van der Waals surface area contributed by atoms with Gasteiger partial charge in [0.2, 0.25) is 0 Å². The molecule has 0 amide bonds. The number of pyridine rings is 1. The van der Waals surface area contributed by atoms with Crippen LogP contribution < -0.4 is 5.73 Å². The fraction of sp³-hybridized carbons (Fsp3) is 0.400. The lowest BCUT2D eigenvalue weighted by Gasteiger charge is -2.18. The van der Waals surface area contributed by atoms with Crippen LogP contribution in [-0.4, -0.2) is 10.5 Å². The average Bonchev–Trinajstić information content (AvgIpc) is 2.24. The Hall–Kier alpha value is -1.41. The summed E-state index contributed by atoms with van der Waals surface area (Å²) in [6.45, 7) is 6.21. The minimum atomic E-state index is -0.0974. The number of rotatable bonds is 3. The molecule has 0 spiro atoms. The van der Waals surface area contributed by atoms with Crippen molar-refractivity contribution in [2.45, 2.75) is 39.2 Å². The SMILES string of the molecule is Cc1cnc2ccc(CCC(C)(C)N)cc2c1. The lowest BCUT2D eigenvalue weighted by atomic mass is 9.96. The van der Waals surface area contributed by atoms with Crippen LogP contribution in [-0.2, 0) is 6.42 Å². The number of aryl methyl sites for hydroxylation is 2. The molecule has 2 heteroatoms. The summed E-state index contributed by atoms with van der Waals surface area (Å²) >= 11 is 0. The van der Waals surface area contributed by atoms with Crippen LogP contribution in [0.15, 0.2) is 30.5 Å². The summed E-state index contributed by atoms with van der Waals surface area (Å²) in [6, 6.07) is 8.64. The highest BCUT2D eigenvalue weighted by Crippen LogP contribution is 2.18. The lowest BCUT2D eigenvalue weighted by Crippen LogP contribution is -2.32. The molecule has 0 aliphatic carbocycles. The Balaban J connectivity index is 2.25. The molecule has 0 bridgehead atoms. The van der Waals surface area contributed by atoms with Gasteiger partial charge in [0.05, 0.1) is 5.52 Å². The molecule has 2 nitrogen and oxygen atoms in total. The number of nitrogens with zero attached hydrogens (tertiary/aromatic N) is 1. The van der Waals surface area contributed by atoms with Gasteiger partial charge in [-0.15, -0.1) is 0 Å². The van der Waals surface area contributed by atoms with Crippen LogP contribution in [0.3, 0.4) is 0 Å². The van der Waals surface area contributed by atoms with E-state index < -0.39 is 0 Å². The van der Waals surface area contributed by atoms with E-state index in [1.807, 2.05) is 6.20 Å². The fourth-order valence-corrected chi connectivity index (χ4v) is 1.91. The minimum Gasteiger partial charge on any atom is -0.326 e. The van der Waals surface area contributed by atoms with E-state index in [9.17, 15) is 0 Å². The Morgan fingerprint density at radius 3 is 2.71 bits per heavy atom. The predicted octanol–water partition coefficient (Wildman–Crippen LogP) is 3.21. The molecular formula is C15H20N2. The summed E-state index contributed by atoms with van der Waals surface area (Å²) in [5.41, 5.74) is 9.51. The molecule has 0 saturated heterocycles. The topological polar surface area (TPSA) is 38.9 Å². The number of aromatic nitrogens is 1. The van der Waals surface area contributed by atoms with E-state index in [1.54, 1.807) is 0 Å². The molecule has 2 rings (SSSR count). The summed E-state index contributed by atoms with van der Waals surface area (Å²) in [5, 5.41) is 1.22. The first-order valence-corrected chi connectivity index (χ1v) is 6.08. The van der Waals surface area contributed by atoms with Gasteiger partial charge in [0.1, 0.15) is 0 Å². The highest BCUT2D eigenvalue weighted by molar-refractivity contribution is 5.79. The minimum absolute atomic E-state index is 0.0974. The summed E-state index contributed by atoms with van der Waals surface area (Å²) in [4.78, 5) is 4.41. The number of hydrogen-bond donors (Lipinski definition) is 1. The van der Waals surface area contributed by atoms with Gasteiger partial charge in [-0.2, -0.15) is 0 Å². The van der Waals surface area contributed by atoms with Crippen molar-refractivity contribution in [3.8, 4) is 0 Å². The van der Waals surface area contributed by atoms with E-state index in [2.05, 4.69) is 50.0 Å². The maximum Gasteiger partial charge on any atom is 0.0702 e.